The van der Waals surface area contributed by atoms with Crippen LogP contribution in [0.2, 0.25) is 0 Å². The molecule has 0 heterocycles. The van der Waals surface area contributed by atoms with Gasteiger partial charge in [0.05, 0.1) is 6.54 Å². The topological polar surface area (TPSA) is 32.3 Å². The van der Waals surface area contributed by atoms with E-state index in [1.54, 1.807) is 0 Å². The molecular weight excluding hydrogens is 212 g/mol. The summed E-state index contributed by atoms with van der Waals surface area (Å²) in [4.78, 5) is 13.9. The van der Waals surface area contributed by atoms with Gasteiger partial charge in [0.25, 0.3) is 0 Å². The first-order valence-electron chi connectivity index (χ1n) is 6.35. The van der Waals surface area contributed by atoms with Gasteiger partial charge in [-0.25, -0.2) is 0 Å². The molecule has 3 nitrogen and oxygen atoms in total. The molecule has 0 atom stereocenters. The number of hydrogen-bond acceptors (Lipinski definition) is 2. The van der Waals surface area contributed by atoms with Crippen LogP contribution >= 0.6 is 0 Å². The highest BCUT2D eigenvalue weighted by atomic mass is 16.2. The third-order valence-corrected chi connectivity index (χ3v) is 3.10. The number of likely N-dealkylation sites (N-methyl/N-ethyl adjacent to an activating group) is 1. The monoisotopic (exact) mass is 232 g/mol. The van der Waals surface area contributed by atoms with Gasteiger partial charge in [-0.05, 0) is 25.3 Å². The van der Waals surface area contributed by atoms with E-state index in [9.17, 15) is 4.79 Å². The van der Waals surface area contributed by atoms with Crippen molar-refractivity contribution in [3.05, 3.63) is 35.9 Å². The third kappa shape index (κ3) is 3.56. The average Bonchev–Trinajstić information content (AvgIpc) is 3.16. The zero-order chi connectivity index (χ0) is 12.1. The number of benzene rings is 1. The van der Waals surface area contributed by atoms with Crippen molar-refractivity contribution < 1.29 is 4.79 Å². The van der Waals surface area contributed by atoms with Gasteiger partial charge in [-0.1, -0.05) is 30.3 Å². The summed E-state index contributed by atoms with van der Waals surface area (Å²) in [6.45, 7) is 4.08. The van der Waals surface area contributed by atoms with E-state index in [4.69, 9.17) is 0 Å². The Morgan fingerprint density at radius 2 is 2.06 bits per heavy atom. The van der Waals surface area contributed by atoms with E-state index in [2.05, 4.69) is 17.4 Å². The lowest BCUT2D eigenvalue weighted by Gasteiger charge is -2.20. The molecule has 0 spiro atoms. The van der Waals surface area contributed by atoms with Crippen LogP contribution in [0.4, 0.5) is 0 Å². The normalized spacial score (nSPS) is 14.6. The van der Waals surface area contributed by atoms with Crippen LogP contribution in [-0.4, -0.2) is 29.9 Å². The lowest BCUT2D eigenvalue weighted by atomic mass is 10.2. The Morgan fingerprint density at radius 1 is 1.35 bits per heavy atom. The lowest BCUT2D eigenvalue weighted by molar-refractivity contribution is -0.130. The summed E-state index contributed by atoms with van der Waals surface area (Å²) in [6, 6.07) is 10.7. The predicted octanol–water partition coefficient (Wildman–Crippen LogP) is 1.79. The summed E-state index contributed by atoms with van der Waals surface area (Å²) in [6.07, 6.45) is 2.36. The molecule has 0 saturated heterocycles. The SMILES string of the molecule is CCN(C(=O)CNCc1ccccc1)C1CC1. The molecule has 17 heavy (non-hydrogen) atoms. The van der Waals surface area contributed by atoms with Gasteiger partial charge in [0.2, 0.25) is 5.91 Å². The molecule has 0 unspecified atom stereocenters. The van der Waals surface area contributed by atoms with Crippen molar-refractivity contribution in [3.63, 3.8) is 0 Å². The summed E-state index contributed by atoms with van der Waals surface area (Å²) in [5.41, 5.74) is 1.22. The van der Waals surface area contributed by atoms with Crippen molar-refractivity contribution in [2.75, 3.05) is 13.1 Å². The predicted molar refractivity (Wildman–Crippen MR) is 68.6 cm³/mol. The molecule has 0 radical (unpaired) electrons. The van der Waals surface area contributed by atoms with Crippen molar-refractivity contribution in [2.45, 2.75) is 32.4 Å². The fourth-order valence-electron chi connectivity index (χ4n) is 2.04. The highest BCUT2D eigenvalue weighted by Gasteiger charge is 2.30. The molecule has 0 aliphatic heterocycles. The molecule has 92 valence electrons. The molecule has 0 aromatic heterocycles. The first-order valence-corrected chi connectivity index (χ1v) is 6.35. The number of rotatable bonds is 6. The van der Waals surface area contributed by atoms with Crippen molar-refractivity contribution >= 4 is 5.91 Å². The Hall–Kier alpha value is -1.35. The summed E-state index contributed by atoms with van der Waals surface area (Å²) in [5, 5.41) is 3.21. The smallest absolute Gasteiger partial charge is 0.236 e. The molecular formula is C14H20N2O. The second-order valence-electron chi connectivity index (χ2n) is 4.50. The molecule has 0 bridgehead atoms. The Bertz CT molecular complexity index is 360. The van der Waals surface area contributed by atoms with Gasteiger partial charge in [-0.15, -0.1) is 0 Å². The molecule has 1 amide bonds. The van der Waals surface area contributed by atoms with Crippen LogP contribution in [-0.2, 0) is 11.3 Å². The number of carbonyl (C=O) groups excluding carboxylic acids is 1. The van der Waals surface area contributed by atoms with Gasteiger partial charge >= 0.3 is 0 Å². The van der Waals surface area contributed by atoms with Crippen molar-refractivity contribution in [2.24, 2.45) is 0 Å². The first kappa shape index (κ1) is 12.1. The van der Waals surface area contributed by atoms with E-state index in [1.165, 1.54) is 18.4 Å². The van der Waals surface area contributed by atoms with Crippen molar-refractivity contribution in [1.82, 2.24) is 10.2 Å². The van der Waals surface area contributed by atoms with Gasteiger partial charge in [0.15, 0.2) is 0 Å². The third-order valence-electron chi connectivity index (χ3n) is 3.10. The fourth-order valence-corrected chi connectivity index (χ4v) is 2.04. The van der Waals surface area contributed by atoms with Crippen LogP contribution < -0.4 is 5.32 Å². The highest BCUT2D eigenvalue weighted by Crippen LogP contribution is 2.26. The van der Waals surface area contributed by atoms with Gasteiger partial charge in [-0.3, -0.25) is 4.79 Å². The number of nitrogens with one attached hydrogen (secondary N) is 1. The second-order valence-corrected chi connectivity index (χ2v) is 4.50. The number of amides is 1. The van der Waals surface area contributed by atoms with Crippen LogP contribution in [0.15, 0.2) is 30.3 Å². The van der Waals surface area contributed by atoms with Gasteiger partial charge in [-0.2, -0.15) is 0 Å². The van der Waals surface area contributed by atoms with Crippen molar-refractivity contribution in [3.8, 4) is 0 Å². The molecule has 1 fully saturated rings. The van der Waals surface area contributed by atoms with Crippen molar-refractivity contribution in [1.29, 1.82) is 0 Å². The molecule has 1 aromatic rings. The second kappa shape index (κ2) is 5.82. The van der Waals surface area contributed by atoms with Crippen LogP contribution in [0.1, 0.15) is 25.3 Å². The average molecular weight is 232 g/mol. The first-order chi connectivity index (χ1) is 8.31. The molecule has 2 rings (SSSR count). The molecule has 1 saturated carbocycles. The summed E-state index contributed by atoms with van der Waals surface area (Å²) >= 11 is 0. The Morgan fingerprint density at radius 3 is 2.65 bits per heavy atom. The Labute approximate surface area is 103 Å². The minimum atomic E-state index is 0.228. The molecule has 1 aliphatic carbocycles. The number of nitrogens with zero attached hydrogens (tertiary/aromatic N) is 1. The van der Waals surface area contributed by atoms with E-state index in [-0.39, 0.29) is 5.91 Å². The molecule has 3 heteroatoms. The van der Waals surface area contributed by atoms with Crippen LogP contribution in [0.3, 0.4) is 0 Å². The zero-order valence-corrected chi connectivity index (χ0v) is 10.4. The van der Waals surface area contributed by atoms with E-state index >= 15 is 0 Å². The maximum absolute atomic E-state index is 11.9. The summed E-state index contributed by atoms with van der Waals surface area (Å²) in [5.74, 6) is 0.228. The Balaban J connectivity index is 1.72. The van der Waals surface area contributed by atoms with E-state index in [1.807, 2.05) is 30.0 Å². The summed E-state index contributed by atoms with van der Waals surface area (Å²) in [7, 11) is 0. The Kier molecular flexibility index (Phi) is 4.15. The van der Waals surface area contributed by atoms with E-state index in [0.717, 1.165) is 13.1 Å². The van der Waals surface area contributed by atoms with E-state index in [0.29, 0.717) is 12.6 Å². The number of hydrogen-bond donors (Lipinski definition) is 1. The number of carbonyl (C=O) groups is 1. The quantitative estimate of drug-likeness (QED) is 0.811. The molecule has 1 N–H and O–H groups in total. The standard InChI is InChI=1S/C14H20N2O/c1-2-16(13-8-9-13)14(17)11-15-10-12-6-4-3-5-7-12/h3-7,13,15H,2,8-11H2,1H3. The van der Waals surface area contributed by atoms with Crippen LogP contribution in [0.5, 0.6) is 0 Å². The van der Waals surface area contributed by atoms with Crippen LogP contribution in [0, 0.1) is 0 Å². The maximum atomic E-state index is 11.9. The fraction of sp³-hybridized carbons (Fsp3) is 0.500. The minimum absolute atomic E-state index is 0.228. The van der Waals surface area contributed by atoms with Gasteiger partial charge < -0.3 is 10.2 Å². The summed E-state index contributed by atoms with van der Waals surface area (Å²) < 4.78 is 0. The molecule has 1 aromatic carbocycles. The van der Waals surface area contributed by atoms with E-state index < -0.39 is 0 Å². The largest absolute Gasteiger partial charge is 0.339 e. The zero-order valence-electron chi connectivity index (χ0n) is 10.4. The highest BCUT2D eigenvalue weighted by molar-refractivity contribution is 5.78. The van der Waals surface area contributed by atoms with Gasteiger partial charge in [0.1, 0.15) is 0 Å². The van der Waals surface area contributed by atoms with Crippen LogP contribution in [0.25, 0.3) is 0 Å². The lowest BCUT2D eigenvalue weighted by Crippen LogP contribution is -2.39. The minimum Gasteiger partial charge on any atom is -0.339 e. The van der Waals surface area contributed by atoms with Gasteiger partial charge in [0, 0.05) is 19.1 Å². The molecule has 1 aliphatic rings. The maximum Gasteiger partial charge on any atom is 0.236 e.